The SMILES string of the molecule is CC1CSC(CCc2ccccc2Cl)(Cn2ccnc2)SC1. The van der Waals surface area contributed by atoms with Gasteiger partial charge in [-0.25, -0.2) is 4.98 Å². The van der Waals surface area contributed by atoms with Crippen LogP contribution in [0.2, 0.25) is 5.02 Å². The van der Waals surface area contributed by atoms with E-state index < -0.39 is 0 Å². The lowest BCUT2D eigenvalue weighted by Gasteiger charge is -2.38. The summed E-state index contributed by atoms with van der Waals surface area (Å²) in [4.78, 5) is 4.19. The molecule has 1 aliphatic heterocycles. The summed E-state index contributed by atoms with van der Waals surface area (Å²) in [6.45, 7) is 3.36. The average molecular weight is 353 g/mol. The Hall–Kier alpha value is -0.580. The Balaban J connectivity index is 1.72. The molecule has 2 nitrogen and oxygen atoms in total. The zero-order valence-corrected chi connectivity index (χ0v) is 15.1. The second kappa shape index (κ2) is 7.33. The predicted octanol–water partition coefficient (Wildman–Crippen LogP) is 4.98. The van der Waals surface area contributed by atoms with Crippen molar-refractivity contribution in [2.75, 3.05) is 11.5 Å². The van der Waals surface area contributed by atoms with Crippen LogP contribution in [0.15, 0.2) is 43.0 Å². The molecule has 2 aromatic rings. The molecule has 1 fully saturated rings. The molecule has 1 aromatic heterocycles. The van der Waals surface area contributed by atoms with Crippen molar-refractivity contribution in [3.05, 3.63) is 53.6 Å². The Morgan fingerprint density at radius 3 is 2.77 bits per heavy atom. The minimum atomic E-state index is 0.229. The normalized spacial score (nSPS) is 25.3. The summed E-state index contributed by atoms with van der Waals surface area (Å²) in [5, 5.41) is 0.888. The number of thioether (sulfide) groups is 2. The van der Waals surface area contributed by atoms with Crippen LogP contribution in [0.25, 0.3) is 0 Å². The van der Waals surface area contributed by atoms with Gasteiger partial charge in [-0.1, -0.05) is 36.7 Å². The first-order chi connectivity index (χ1) is 10.7. The van der Waals surface area contributed by atoms with Crippen LogP contribution in [-0.2, 0) is 13.0 Å². The summed E-state index contributed by atoms with van der Waals surface area (Å²) in [6.07, 6.45) is 8.02. The van der Waals surface area contributed by atoms with Crippen molar-refractivity contribution in [3.8, 4) is 0 Å². The van der Waals surface area contributed by atoms with Crippen LogP contribution in [0.3, 0.4) is 0 Å². The summed E-state index contributed by atoms with van der Waals surface area (Å²) in [5.41, 5.74) is 1.26. The fourth-order valence-electron chi connectivity index (χ4n) is 2.68. The number of benzene rings is 1. The standard InChI is InChI=1S/C17H21ClN2S2/c1-14-10-21-17(22-11-14,12-20-9-8-19-13-20)7-6-15-4-2-3-5-16(15)18/h2-5,8-9,13-14H,6-7,10-12H2,1H3. The van der Waals surface area contributed by atoms with Gasteiger partial charge >= 0.3 is 0 Å². The lowest BCUT2D eigenvalue weighted by atomic mass is 10.1. The number of hydrogen-bond donors (Lipinski definition) is 0. The summed E-state index contributed by atoms with van der Waals surface area (Å²) < 4.78 is 2.44. The minimum absolute atomic E-state index is 0.229. The van der Waals surface area contributed by atoms with Crippen LogP contribution in [0.1, 0.15) is 18.9 Å². The van der Waals surface area contributed by atoms with Gasteiger partial charge in [0.05, 0.1) is 10.4 Å². The maximum Gasteiger partial charge on any atom is 0.0946 e. The molecule has 1 saturated heterocycles. The van der Waals surface area contributed by atoms with Gasteiger partial charge < -0.3 is 4.57 Å². The van der Waals surface area contributed by atoms with Crippen LogP contribution in [0.5, 0.6) is 0 Å². The van der Waals surface area contributed by atoms with Crippen molar-refractivity contribution in [2.45, 2.75) is 30.4 Å². The van der Waals surface area contributed by atoms with Gasteiger partial charge in [0.1, 0.15) is 0 Å². The molecular weight excluding hydrogens is 332 g/mol. The largest absolute Gasteiger partial charge is 0.335 e. The van der Waals surface area contributed by atoms with Gasteiger partial charge in [-0.15, -0.1) is 23.5 Å². The van der Waals surface area contributed by atoms with Gasteiger partial charge in [-0.3, -0.25) is 0 Å². The number of nitrogens with zero attached hydrogens (tertiary/aromatic N) is 2. The third-order valence-electron chi connectivity index (χ3n) is 3.98. The topological polar surface area (TPSA) is 17.8 Å². The first-order valence-electron chi connectivity index (χ1n) is 7.64. The maximum absolute atomic E-state index is 6.32. The van der Waals surface area contributed by atoms with E-state index in [0.717, 1.165) is 30.3 Å². The van der Waals surface area contributed by atoms with Gasteiger partial charge in [0, 0.05) is 24.0 Å². The van der Waals surface area contributed by atoms with Gasteiger partial charge in [0.25, 0.3) is 0 Å². The van der Waals surface area contributed by atoms with Crippen molar-refractivity contribution < 1.29 is 0 Å². The van der Waals surface area contributed by atoms with Crippen LogP contribution in [-0.4, -0.2) is 25.1 Å². The van der Waals surface area contributed by atoms with E-state index in [4.69, 9.17) is 11.6 Å². The molecule has 0 atom stereocenters. The smallest absolute Gasteiger partial charge is 0.0946 e. The van der Waals surface area contributed by atoms with Crippen molar-refractivity contribution in [2.24, 2.45) is 5.92 Å². The average Bonchev–Trinajstić information content (AvgIpc) is 3.02. The molecule has 0 radical (unpaired) electrons. The third kappa shape index (κ3) is 4.03. The molecule has 0 N–H and O–H groups in total. The molecule has 0 aliphatic carbocycles. The van der Waals surface area contributed by atoms with Crippen molar-refractivity contribution in [1.82, 2.24) is 9.55 Å². The van der Waals surface area contributed by atoms with Crippen molar-refractivity contribution in [1.29, 1.82) is 0 Å². The molecule has 0 spiro atoms. The molecule has 5 heteroatoms. The number of aromatic nitrogens is 2. The van der Waals surface area contributed by atoms with E-state index in [-0.39, 0.29) is 4.08 Å². The molecule has 0 unspecified atom stereocenters. The third-order valence-corrected chi connectivity index (χ3v) is 8.24. The molecule has 22 heavy (non-hydrogen) atoms. The number of hydrogen-bond acceptors (Lipinski definition) is 3. The second-order valence-corrected chi connectivity index (χ2v) is 9.44. The molecule has 1 aliphatic rings. The van der Waals surface area contributed by atoms with E-state index in [1.807, 2.05) is 24.7 Å². The summed E-state index contributed by atoms with van der Waals surface area (Å²) >= 11 is 10.6. The highest BCUT2D eigenvalue weighted by atomic mass is 35.5. The Morgan fingerprint density at radius 2 is 2.09 bits per heavy atom. The molecule has 0 amide bonds. The molecule has 118 valence electrons. The van der Waals surface area contributed by atoms with E-state index in [1.165, 1.54) is 17.1 Å². The maximum atomic E-state index is 6.32. The molecule has 1 aromatic carbocycles. The Morgan fingerprint density at radius 1 is 1.32 bits per heavy atom. The fraction of sp³-hybridized carbons (Fsp3) is 0.471. The lowest BCUT2D eigenvalue weighted by molar-refractivity contribution is 0.578. The molecule has 0 bridgehead atoms. The number of rotatable bonds is 5. The van der Waals surface area contributed by atoms with E-state index in [0.29, 0.717) is 0 Å². The zero-order chi connectivity index (χ0) is 15.4. The van der Waals surface area contributed by atoms with E-state index in [1.54, 1.807) is 0 Å². The number of aryl methyl sites for hydroxylation is 1. The highest BCUT2D eigenvalue weighted by Gasteiger charge is 2.36. The summed E-state index contributed by atoms with van der Waals surface area (Å²) in [7, 11) is 0. The number of imidazole rings is 1. The van der Waals surface area contributed by atoms with Crippen molar-refractivity contribution in [3.63, 3.8) is 0 Å². The highest BCUT2D eigenvalue weighted by Crippen LogP contribution is 2.48. The second-order valence-electron chi connectivity index (χ2n) is 5.96. The molecule has 0 saturated carbocycles. The lowest BCUT2D eigenvalue weighted by Crippen LogP contribution is -2.33. The highest BCUT2D eigenvalue weighted by molar-refractivity contribution is 8.18. The van der Waals surface area contributed by atoms with Crippen LogP contribution < -0.4 is 0 Å². The van der Waals surface area contributed by atoms with E-state index in [9.17, 15) is 0 Å². The first-order valence-corrected chi connectivity index (χ1v) is 9.99. The Bertz CT molecular complexity index is 592. The molecule has 3 rings (SSSR count). The van der Waals surface area contributed by atoms with E-state index >= 15 is 0 Å². The van der Waals surface area contributed by atoms with Crippen LogP contribution in [0, 0.1) is 5.92 Å². The quantitative estimate of drug-likeness (QED) is 0.755. The Labute approximate surface area is 146 Å². The van der Waals surface area contributed by atoms with Gasteiger partial charge in [0.15, 0.2) is 0 Å². The minimum Gasteiger partial charge on any atom is -0.335 e. The summed E-state index contributed by atoms with van der Waals surface area (Å²) in [6, 6.07) is 8.21. The monoisotopic (exact) mass is 352 g/mol. The van der Waals surface area contributed by atoms with Gasteiger partial charge in [0.2, 0.25) is 0 Å². The Kier molecular flexibility index (Phi) is 5.42. The van der Waals surface area contributed by atoms with Crippen molar-refractivity contribution >= 4 is 35.1 Å². The van der Waals surface area contributed by atoms with Gasteiger partial charge in [-0.05, 0) is 41.9 Å². The van der Waals surface area contributed by atoms with Crippen LogP contribution >= 0.6 is 35.1 Å². The van der Waals surface area contributed by atoms with Gasteiger partial charge in [-0.2, -0.15) is 0 Å². The predicted molar refractivity (Wildman–Crippen MR) is 98.8 cm³/mol. The zero-order valence-electron chi connectivity index (χ0n) is 12.7. The number of halogens is 1. The van der Waals surface area contributed by atoms with E-state index in [2.05, 4.69) is 58.3 Å². The fourth-order valence-corrected chi connectivity index (χ4v) is 6.18. The molecular formula is C17H21ClN2S2. The summed E-state index contributed by atoms with van der Waals surface area (Å²) in [5.74, 6) is 3.28. The van der Waals surface area contributed by atoms with Crippen LogP contribution in [0.4, 0.5) is 0 Å². The first kappa shape index (κ1) is 16.3. The molecule has 2 heterocycles.